The predicted molar refractivity (Wildman–Crippen MR) is 163 cm³/mol. The standard InChI is InChI=1S/C24H47N3O15S3/c1-4-43(31,32)25-7-10-37-13-21(28)16-40-19-24(42-18-23(30)15-39-12-9-27-45(35,36)6-3)20-41-17-22(29)14-38-11-8-26-44(33,34)5-2/h4-6,21-30H,1-3,7-20H2. The molecular formula is C24H47N3O15S3. The Balaban J connectivity index is 4.56. The Labute approximate surface area is 265 Å². The van der Waals surface area contributed by atoms with Gasteiger partial charge in [-0.05, 0) is 0 Å². The van der Waals surface area contributed by atoms with E-state index in [1.54, 1.807) is 0 Å². The van der Waals surface area contributed by atoms with E-state index < -0.39 is 54.5 Å². The van der Waals surface area contributed by atoms with Gasteiger partial charge >= 0.3 is 0 Å². The smallest absolute Gasteiger partial charge is 0.233 e. The molecule has 0 aliphatic carbocycles. The zero-order valence-electron chi connectivity index (χ0n) is 25.0. The minimum atomic E-state index is -3.59. The second-order valence-electron chi connectivity index (χ2n) is 9.03. The Hall–Kier alpha value is -1.41. The molecule has 21 heteroatoms. The van der Waals surface area contributed by atoms with Crippen molar-refractivity contribution in [3.8, 4) is 0 Å². The Bertz CT molecular complexity index is 1080. The van der Waals surface area contributed by atoms with E-state index >= 15 is 0 Å². The summed E-state index contributed by atoms with van der Waals surface area (Å²) in [6, 6.07) is 0. The number of aliphatic hydroxyl groups excluding tert-OH is 3. The molecule has 3 atom stereocenters. The van der Waals surface area contributed by atoms with Gasteiger partial charge in [0.2, 0.25) is 30.1 Å². The maximum absolute atomic E-state index is 11.3. The molecule has 0 aromatic heterocycles. The summed E-state index contributed by atoms with van der Waals surface area (Å²) in [5, 5.41) is 32.5. The lowest BCUT2D eigenvalue weighted by Crippen LogP contribution is -2.34. The molecule has 3 unspecified atom stereocenters. The summed E-state index contributed by atoms with van der Waals surface area (Å²) in [5.41, 5.74) is 0. The Kier molecular flexibility index (Phi) is 23.9. The zero-order chi connectivity index (χ0) is 34.2. The number of rotatable bonds is 32. The van der Waals surface area contributed by atoms with Gasteiger partial charge < -0.3 is 43.7 Å². The van der Waals surface area contributed by atoms with Crippen LogP contribution in [0.25, 0.3) is 0 Å². The lowest BCUT2D eigenvalue weighted by atomic mass is 10.3. The highest BCUT2D eigenvalue weighted by molar-refractivity contribution is 7.92. The first-order valence-electron chi connectivity index (χ1n) is 13.6. The van der Waals surface area contributed by atoms with Gasteiger partial charge in [0.15, 0.2) is 0 Å². The molecule has 266 valence electrons. The minimum Gasteiger partial charge on any atom is -0.388 e. The highest BCUT2D eigenvalue weighted by atomic mass is 32.2. The van der Waals surface area contributed by atoms with Gasteiger partial charge in [-0.25, -0.2) is 39.4 Å². The van der Waals surface area contributed by atoms with Crippen molar-refractivity contribution in [2.24, 2.45) is 0 Å². The maximum Gasteiger partial charge on any atom is 0.233 e. The summed E-state index contributed by atoms with van der Waals surface area (Å²) in [6.07, 6.45) is -3.94. The van der Waals surface area contributed by atoms with E-state index in [4.69, 9.17) is 28.4 Å². The number of aliphatic hydroxyl groups is 3. The van der Waals surface area contributed by atoms with Gasteiger partial charge in [0.25, 0.3) is 0 Å². The molecule has 0 aromatic rings. The number of hydrogen-bond donors (Lipinski definition) is 6. The topological polar surface area (TPSA) is 255 Å². The van der Waals surface area contributed by atoms with E-state index in [0.29, 0.717) is 0 Å². The third-order valence-corrected chi connectivity index (χ3v) is 8.13. The third kappa shape index (κ3) is 26.4. The molecule has 0 rings (SSSR count). The van der Waals surface area contributed by atoms with Gasteiger partial charge in [-0.3, -0.25) is 0 Å². The lowest BCUT2D eigenvalue weighted by molar-refractivity contribution is -0.111. The average Bonchev–Trinajstić information content (AvgIpc) is 2.98. The van der Waals surface area contributed by atoms with Crippen LogP contribution in [0.15, 0.2) is 36.0 Å². The summed E-state index contributed by atoms with van der Waals surface area (Å²) < 4.78 is 107. The average molecular weight is 714 g/mol. The van der Waals surface area contributed by atoms with Crippen molar-refractivity contribution in [2.45, 2.75) is 24.4 Å². The fourth-order valence-corrected chi connectivity index (χ4v) is 4.27. The molecule has 0 aromatic carbocycles. The molecule has 0 spiro atoms. The van der Waals surface area contributed by atoms with Gasteiger partial charge in [-0.15, -0.1) is 0 Å². The molecule has 0 bridgehead atoms. The van der Waals surface area contributed by atoms with Crippen molar-refractivity contribution in [3.63, 3.8) is 0 Å². The number of hydrogen-bond acceptors (Lipinski definition) is 15. The summed E-state index contributed by atoms with van der Waals surface area (Å²) in [4.78, 5) is 0. The van der Waals surface area contributed by atoms with Crippen LogP contribution in [0.1, 0.15) is 0 Å². The first-order chi connectivity index (χ1) is 21.1. The predicted octanol–water partition coefficient (Wildman–Crippen LogP) is -3.27. The summed E-state index contributed by atoms with van der Waals surface area (Å²) in [7, 11) is -10.7. The summed E-state index contributed by atoms with van der Waals surface area (Å²) in [6.45, 7) is 8.23. The van der Waals surface area contributed by atoms with Crippen LogP contribution in [0.3, 0.4) is 0 Å². The number of ether oxygens (including phenoxy) is 6. The van der Waals surface area contributed by atoms with Crippen molar-refractivity contribution < 1.29 is 69.0 Å². The van der Waals surface area contributed by atoms with E-state index in [0.717, 1.165) is 16.2 Å². The van der Waals surface area contributed by atoms with Crippen LogP contribution in [0.5, 0.6) is 0 Å². The molecule has 0 saturated carbocycles. The molecule has 0 aliphatic heterocycles. The van der Waals surface area contributed by atoms with Crippen LogP contribution in [0.2, 0.25) is 0 Å². The second kappa shape index (κ2) is 24.7. The molecule has 45 heavy (non-hydrogen) atoms. The van der Waals surface area contributed by atoms with Gasteiger partial charge in [0.05, 0.1) is 72.7 Å². The molecule has 6 N–H and O–H groups in total. The summed E-state index contributed by atoms with van der Waals surface area (Å²) in [5.74, 6) is 0. The Morgan fingerprint density at radius 3 is 1.09 bits per heavy atom. The van der Waals surface area contributed by atoms with Crippen molar-refractivity contribution in [3.05, 3.63) is 36.0 Å². The van der Waals surface area contributed by atoms with E-state index in [1.165, 1.54) is 0 Å². The highest BCUT2D eigenvalue weighted by Gasteiger charge is 2.16. The fourth-order valence-electron chi connectivity index (χ4n) is 2.81. The van der Waals surface area contributed by atoms with Crippen LogP contribution >= 0.6 is 0 Å². The Morgan fingerprint density at radius 2 is 0.778 bits per heavy atom. The molecule has 18 nitrogen and oxygen atoms in total. The maximum atomic E-state index is 11.3. The number of nitrogens with one attached hydrogen (secondary N) is 3. The molecule has 0 amide bonds. The van der Waals surface area contributed by atoms with Gasteiger partial charge in [0.1, 0.15) is 24.4 Å². The number of sulfonamides is 3. The first kappa shape index (κ1) is 43.6. The highest BCUT2D eigenvalue weighted by Crippen LogP contribution is 2.01. The molecule has 0 fully saturated rings. The van der Waals surface area contributed by atoms with E-state index in [2.05, 4.69) is 33.9 Å². The fraction of sp³-hybridized carbons (Fsp3) is 0.750. The van der Waals surface area contributed by atoms with Crippen LogP contribution < -0.4 is 14.2 Å². The van der Waals surface area contributed by atoms with Crippen molar-refractivity contribution in [1.82, 2.24) is 14.2 Å². The molecule has 0 radical (unpaired) electrons. The van der Waals surface area contributed by atoms with Crippen LogP contribution in [0.4, 0.5) is 0 Å². The van der Waals surface area contributed by atoms with E-state index in [9.17, 15) is 40.6 Å². The van der Waals surface area contributed by atoms with E-state index in [1.807, 2.05) is 0 Å². The van der Waals surface area contributed by atoms with Crippen molar-refractivity contribution >= 4 is 30.1 Å². The van der Waals surface area contributed by atoms with Crippen molar-refractivity contribution in [2.75, 3.05) is 92.3 Å². The lowest BCUT2D eigenvalue weighted by Gasteiger charge is -2.22. The molecule has 0 heterocycles. The summed E-state index contributed by atoms with van der Waals surface area (Å²) >= 11 is 0. The molecular weight excluding hydrogens is 666 g/mol. The quantitative estimate of drug-likeness (QED) is 0.0374. The van der Waals surface area contributed by atoms with Gasteiger partial charge in [-0.2, -0.15) is 0 Å². The van der Waals surface area contributed by atoms with Gasteiger partial charge in [-0.1, -0.05) is 19.7 Å². The monoisotopic (exact) mass is 713 g/mol. The third-order valence-electron chi connectivity index (χ3n) is 4.99. The van der Waals surface area contributed by atoms with Crippen LogP contribution in [-0.4, -0.2) is 157 Å². The van der Waals surface area contributed by atoms with Crippen LogP contribution in [0, 0.1) is 0 Å². The first-order valence-corrected chi connectivity index (χ1v) is 18.2. The molecule has 0 saturated heterocycles. The molecule has 0 aliphatic rings. The van der Waals surface area contributed by atoms with E-state index in [-0.39, 0.29) is 92.3 Å². The second-order valence-corrected chi connectivity index (χ2v) is 14.2. The Morgan fingerprint density at radius 1 is 0.489 bits per heavy atom. The largest absolute Gasteiger partial charge is 0.388 e. The zero-order valence-corrected chi connectivity index (χ0v) is 27.5. The van der Waals surface area contributed by atoms with Crippen molar-refractivity contribution in [1.29, 1.82) is 0 Å². The normalized spacial score (nSPS) is 15.3. The van der Waals surface area contributed by atoms with Crippen LogP contribution in [-0.2, 0) is 58.5 Å². The SMILES string of the molecule is C=CS(=O)(=O)NCCOCC(O)COCC(COCC(O)COCCNS(=O)(=O)C=C)OCC(O)COCCNS(=O)(=O)C=C. The minimum absolute atomic E-state index is 0.000271. The van der Waals surface area contributed by atoms with Gasteiger partial charge in [0, 0.05) is 35.9 Å².